The van der Waals surface area contributed by atoms with Crippen LogP contribution in [-0.2, 0) is 19.7 Å². The fourth-order valence-corrected chi connectivity index (χ4v) is 2.95. The van der Waals surface area contributed by atoms with Crippen LogP contribution in [0.15, 0.2) is 66.9 Å². The van der Waals surface area contributed by atoms with Gasteiger partial charge in [0.2, 0.25) is 0 Å². The van der Waals surface area contributed by atoms with Crippen molar-refractivity contribution in [3.8, 4) is 11.5 Å². The first-order valence-corrected chi connectivity index (χ1v) is 8.89. The molecule has 0 spiro atoms. The van der Waals surface area contributed by atoms with Gasteiger partial charge >= 0.3 is 0 Å². The Bertz CT molecular complexity index is 826. The lowest BCUT2D eigenvalue weighted by molar-refractivity contribution is -0.686. The number of methoxy groups -OCH3 is 1. The number of ether oxygens (including phenoxy) is 2. The Morgan fingerprint density at radius 3 is 2.50 bits per heavy atom. The van der Waals surface area contributed by atoms with Crippen LogP contribution in [0.4, 0.5) is 0 Å². The quantitative estimate of drug-likeness (QED) is 0.660. The van der Waals surface area contributed by atoms with E-state index < -0.39 is 0 Å². The second kappa shape index (κ2) is 9.22. The summed E-state index contributed by atoms with van der Waals surface area (Å²) in [6.07, 6.45) is 1.81. The van der Waals surface area contributed by atoms with Crippen LogP contribution in [0.3, 0.4) is 0 Å². The molecule has 0 amide bonds. The third-order valence-electron chi connectivity index (χ3n) is 3.97. The fraction of sp³-hybridized carbons (Fsp3) is 0.190. The minimum atomic E-state index is 0.446. The maximum atomic E-state index is 6.44. The SMILES string of the molecule is COc1cc(C[NH2+]Cc2ccccn2)cc(Cl)c1OCc1ccccc1. The summed E-state index contributed by atoms with van der Waals surface area (Å²) in [4.78, 5) is 4.33. The molecule has 3 aromatic rings. The number of hydrogen-bond acceptors (Lipinski definition) is 3. The molecule has 5 heteroatoms. The van der Waals surface area contributed by atoms with E-state index in [1.54, 1.807) is 7.11 Å². The van der Waals surface area contributed by atoms with Gasteiger partial charge in [0.1, 0.15) is 19.7 Å². The van der Waals surface area contributed by atoms with Gasteiger partial charge in [-0.2, -0.15) is 0 Å². The van der Waals surface area contributed by atoms with Crippen molar-refractivity contribution in [2.45, 2.75) is 19.7 Å². The molecular formula is C21H22ClN2O2+. The molecule has 0 radical (unpaired) electrons. The molecule has 0 unspecified atom stereocenters. The van der Waals surface area contributed by atoms with Crippen LogP contribution in [0.1, 0.15) is 16.8 Å². The van der Waals surface area contributed by atoms with E-state index in [4.69, 9.17) is 21.1 Å². The summed E-state index contributed by atoms with van der Waals surface area (Å²) in [5.74, 6) is 1.22. The third kappa shape index (κ3) is 4.97. The molecule has 134 valence electrons. The molecule has 1 heterocycles. The number of benzene rings is 2. The highest BCUT2D eigenvalue weighted by molar-refractivity contribution is 6.32. The van der Waals surface area contributed by atoms with Crippen molar-refractivity contribution in [3.05, 3.63) is 88.7 Å². The average molecular weight is 370 g/mol. The number of quaternary nitrogens is 1. The Morgan fingerprint density at radius 2 is 1.77 bits per heavy atom. The second-order valence-electron chi connectivity index (χ2n) is 5.90. The van der Waals surface area contributed by atoms with Crippen LogP contribution in [0.2, 0.25) is 5.02 Å². The summed E-state index contributed by atoms with van der Waals surface area (Å²) < 4.78 is 11.4. The van der Waals surface area contributed by atoms with Gasteiger partial charge in [-0.1, -0.05) is 48.0 Å². The minimum absolute atomic E-state index is 0.446. The zero-order valence-electron chi connectivity index (χ0n) is 14.7. The highest BCUT2D eigenvalue weighted by atomic mass is 35.5. The van der Waals surface area contributed by atoms with Gasteiger partial charge in [0, 0.05) is 11.8 Å². The zero-order chi connectivity index (χ0) is 18.2. The van der Waals surface area contributed by atoms with Gasteiger partial charge in [-0.3, -0.25) is 4.98 Å². The molecule has 0 aliphatic carbocycles. The van der Waals surface area contributed by atoms with E-state index >= 15 is 0 Å². The predicted molar refractivity (Wildman–Crippen MR) is 102 cm³/mol. The van der Waals surface area contributed by atoms with Gasteiger partial charge in [0.15, 0.2) is 11.5 Å². The molecule has 2 aromatic carbocycles. The van der Waals surface area contributed by atoms with Crippen LogP contribution in [0, 0.1) is 0 Å². The molecule has 1 aromatic heterocycles. The van der Waals surface area contributed by atoms with Gasteiger partial charge < -0.3 is 14.8 Å². The number of aromatic nitrogens is 1. The largest absolute Gasteiger partial charge is 0.493 e. The monoisotopic (exact) mass is 369 g/mol. The minimum Gasteiger partial charge on any atom is -0.493 e. The first kappa shape index (κ1) is 18.2. The molecular weight excluding hydrogens is 348 g/mol. The Morgan fingerprint density at radius 1 is 0.962 bits per heavy atom. The predicted octanol–water partition coefficient (Wildman–Crippen LogP) is 3.59. The highest BCUT2D eigenvalue weighted by Crippen LogP contribution is 2.36. The van der Waals surface area contributed by atoms with E-state index in [-0.39, 0.29) is 0 Å². The number of nitrogens with zero attached hydrogens (tertiary/aromatic N) is 1. The second-order valence-corrected chi connectivity index (χ2v) is 6.31. The number of hydrogen-bond donors (Lipinski definition) is 1. The molecule has 2 N–H and O–H groups in total. The van der Waals surface area contributed by atoms with Crippen LogP contribution >= 0.6 is 11.6 Å². The first-order valence-electron chi connectivity index (χ1n) is 8.51. The first-order chi connectivity index (χ1) is 12.8. The summed E-state index contributed by atoms with van der Waals surface area (Å²) in [6, 6.07) is 19.8. The van der Waals surface area contributed by atoms with Crippen molar-refractivity contribution < 1.29 is 14.8 Å². The number of rotatable bonds is 8. The van der Waals surface area contributed by atoms with Crippen LogP contribution in [-0.4, -0.2) is 12.1 Å². The van der Waals surface area contributed by atoms with Crippen LogP contribution in [0.5, 0.6) is 11.5 Å². The van der Waals surface area contributed by atoms with Gasteiger partial charge in [-0.05, 0) is 29.8 Å². The van der Waals surface area contributed by atoms with Gasteiger partial charge in [0.05, 0.1) is 17.8 Å². The third-order valence-corrected chi connectivity index (χ3v) is 4.26. The standard InChI is InChI=1S/C21H21ClN2O2/c1-25-20-12-17(13-23-14-18-9-5-6-10-24-18)11-19(22)21(20)26-15-16-7-3-2-4-8-16/h2-12,23H,13-15H2,1H3/p+1. The van der Waals surface area contributed by atoms with Crippen LogP contribution < -0.4 is 14.8 Å². The Hall–Kier alpha value is -2.56. The number of nitrogens with two attached hydrogens (primary N) is 1. The van der Waals surface area contributed by atoms with Crippen molar-refractivity contribution in [2.75, 3.05) is 7.11 Å². The lowest BCUT2D eigenvalue weighted by Gasteiger charge is -2.14. The highest BCUT2D eigenvalue weighted by Gasteiger charge is 2.13. The summed E-state index contributed by atoms with van der Waals surface area (Å²) in [5.41, 5.74) is 3.21. The lowest BCUT2D eigenvalue weighted by atomic mass is 10.2. The molecule has 0 saturated heterocycles. The average Bonchev–Trinajstić information content (AvgIpc) is 2.68. The Labute approximate surface area is 158 Å². The molecule has 3 rings (SSSR count). The van der Waals surface area contributed by atoms with Crippen molar-refractivity contribution in [1.82, 2.24) is 4.98 Å². The van der Waals surface area contributed by atoms with Gasteiger partial charge in [-0.25, -0.2) is 0 Å². The maximum Gasteiger partial charge on any atom is 0.180 e. The van der Waals surface area contributed by atoms with Crippen molar-refractivity contribution >= 4 is 11.6 Å². The van der Waals surface area contributed by atoms with E-state index in [0.29, 0.717) is 23.1 Å². The maximum absolute atomic E-state index is 6.44. The summed E-state index contributed by atoms with van der Waals surface area (Å²) >= 11 is 6.44. The van der Waals surface area contributed by atoms with E-state index in [1.165, 1.54) is 0 Å². The summed E-state index contributed by atoms with van der Waals surface area (Å²) in [7, 11) is 1.63. The Balaban J connectivity index is 1.64. The van der Waals surface area contributed by atoms with Crippen molar-refractivity contribution in [2.24, 2.45) is 0 Å². The molecule has 0 saturated carbocycles. The van der Waals surface area contributed by atoms with Crippen molar-refractivity contribution in [3.63, 3.8) is 0 Å². The number of pyridine rings is 1. The molecule has 0 aliphatic rings. The lowest BCUT2D eigenvalue weighted by Crippen LogP contribution is -2.80. The van der Waals surface area contributed by atoms with E-state index in [0.717, 1.165) is 29.9 Å². The molecule has 26 heavy (non-hydrogen) atoms. The zero-order valence-corrected chi connectivity index (χ0v) is 15.4. The normalized spacial score (nSPS) is 10.5. The number of halogens is 1. The molecule has 0 fully saturated rings. The van der Waals surface area contributed by atoms with E-state index in [2.05, 4.69) is 10.3 Å². The van der Waals surface area contributed by atoms with E-state index in [9.17, 15) is 0 Å². The fourth-order valence-electron chi connectivity index (χ4n) is 2.67. The van der Waals surface area contributed by atoms with Crippen molar-refractivity contribution in [1.29, 1.82) is 0 Å². The van der Waals surface area contributed by atoms with Gasteiger partial charge in [-0.15, -0.1) is 0 Å². The molecule has 4 nitrogen and oxygen atoms in total. The summed E-state index contributed by atoms with van der Waals surface area (Å²) in [5, 5.41) is 2.74. The van der Waals surface area contributed by atoms with Gasteiger partial charge in [0.25, 0.3) is 0 Å². The summed E-state index contributed by atoms with van der Waals surface area (Å²) in [6.45, 7) is 2.04. The Kier molecular flexibility index (Phi) is 6.47. The smallest absolute Gasteiger partial charge is 0.180 e. The topological polar surface area (TPSA) is 48.0 Å². The molecule has 0 aliphatic heterocycles. The molecule has 0 bridgehead atoms. The van der Waals surface area contributed by atoms with E-state index in [1.807, 2.05) is 66.9 Å². The molecule has 0 atom stereocenters. The van der Waals surface area contributed by atoms with Crippen LogP contribution in [0.25, 0.3) is 0 Å².